The van der Waals surface area contributed by atoms with Gasteiger partial charge in [0.05, 0.1) is 6.61 Å². The number of allylic oxidation sites excluding steroid dienone is 1. The normalized spacial score (nSPS) is 10.4. The zero-order valence-corrected chi connectivity index (χ0v) is 19.6. The summed E-state index contributed by atoms with van der Waals surface area (Å²) in [5.41, 5.74) is 6.05. The Labute approximate surface area is 189 Å². The van der Waals surface area contributed by atoms with E-state index in [9.17, 15) is 0 Å². The maximum absolute atomic E-state index is 8.94. The first-order valence-corrected chi connectivity index (χ1v) is 11.3. The van der Waals surface area contributed by atoms with Crippen molar-refractivity contribution in [2.75, 3.05) is 13.2 Å². The first kappa shape index (κ1) is 26.0. The SMILES string of the molecule is CC.CC.CCC/C(=C(\c1ccccc1)c1ccc(OCCO)cc1)c1cc#ccc1. The van der Waals surface area contributed by atoms with Gasteiger partial charge in [-0.25, -0.2) is 0 Å². The highest BCUT2D eigenvalue weighted by molar-refractivity contribution is 5.98. The van der Waals surface area contributed by atoms with Crippen LogP contribution >= 0.6 is 0 Å². The Balaban J connectivity index is 0.00000113. The van der Waals surface area contributed by atoms with E-state index >= 15 is 0 Å². The lowest BCUT2D eigenvalue weighted by Crippen LogP contribution is -2.01. The molecule has 2 nitrogen and oxygen atoms in total. The Kier molecular flexibility index (Phi) is 13.2. The molecular formula is C29H36O2. The molecule has 0 unspecified atom stereocenters. The van der Waals surface area contributed by atoms with Crippen molar-refractivity contribution in [2.45, 2.75) is 47.5 Å². The van der Waals surface area contributed by atoms with E-state index in [0.29, 0.717) is 6.61 Å². The molecule has 0 amide bonds. The summed E-state index contributed by atoms with van der Waals surface area (Å²) in [5.74, 6) is 0.764. The summed E-state index contributed by atoms with van der Waals surface area (Å²) in [6.45, 7) is 10.5. The molecule has 3 aromatic carbocycles. The molecule has 0 aliphatic carbocycles. The van der Waals surface area contributed by atoms with Crippen LogP contribution in [0, 0.1) is 12.1 Å². The van der Waals surface area contributed by atoms with Gasteiger partial charge in [0.25, 0.3) is 0 Å². The first-order chi connectivity index (χ1) is 15.3. The van der Waals surface area contributed by atoms with Crippen LogP contribution in [0.5, 0.6) is 5.75 Å². The van der Waals surface area contributed by atoms with Gasteiger partial charge in [0.1, 0.15) is 12.4 Å². The smallest absolute Gasteiger partial charge is 0.119 e. The third kappa shape index (κ3) is 7.96. The van der Waals surface area contributed by atoms with E-state index in [4.69, 9.17) is 9.84 Å². The molecule has 0 radical (unpaired) electrons. The highest BCUT2D eigenvalue weighted by Crippen LogP contribution is 2.35. The van der Waals surface area contributed by atoms with Crippen LogP contribution in [0.15, 0.2) is 72.8 Å². The molecule has 0 fully saturated rings. The van der Waals surface area contributed by atoms with Crippen molar-refractivity contribution in [1.29, 1.82) is 0 Å². The topological polar surface area (TPSA) is 29.5 Å². The third-order valence-electron chi connectivity index (χ3n) is 4.37. The summed E-state index contributed by atoms with van der Waals surface area (Å²) < 4.78 is 5.51. The van der Waals surface area contributed by atoms with Crippen molar-refractivity contribution >= 4 is 11.1 Å². The van der Waals surface area contributed by atoms with Crippen molar-refractivity contribution in [3.05, 3.63) is 102 Å². The number of benzene rings is 2. The first-order valence-electron chi connectivity index (χ1n) is 11.3. The van der Waals surface area contributed by atoms with Crippen LogP contribution in [0.25, 0.3) is 11.1 Å². The summed E-state index contributed by atoms with van der Waals surface area (Å²) in [4.78, 5) is 0. The summed E-state index contributed by atoms with van der Waals surface area (Å²) in [6.07, 6.45) is 2.03. The molecule has 0 aliphatic heterocycles. The maximum atomic E-state index is 8.94. The molecule has 0 aromatic heterocycles. The molecule has 31 heavy (non-hydrogen) atoms. The monoisotopic (exact) mass is 416 g/mol. The van der Waals surface area contributed by atoms with Gasteiger partial charge in [0.15, 0.2) is 0 Å². The van der Waals surface area contributed by atoms with E-state index in [1.165, 1.54) is 22.3 Å². The second-order valence-corrected chi connectivity index (χ2v) is 6.29. The number of aliphatic hydroxyl groups is 1. The number of hydrogen-bond acceptors (Lipinski definition) is 2. The second kappa shape index (κ2) is 15.8. The second-order valence-electron chi connectivity index (χ2n) is 6.29. The standard InChI is InChI=1S/C25H24O2.2C2H6/c1-2-9-24(20-10-5-3-6-11-20)25(21-12-7-4-8-13-21)22-14-16-23(17-15-22)27-19-18-26;2*1-2/h4-5,7-8,10-17,26H,2,9,18-19H2,1H3;2*1-2H3/b25-24-;;. The molecule has 0 bridgehead atoms. The molecule has 0 spiro atoms. The van der Waals surface area contributed by atoms with Crippen LogP contribution in [0.4, 0.5) is 0 Å². The molecule has 1 N–H and O–H groups in total. The molecule has 0 saturated carbocycles. The Morgan fingerprint density at radius 2 is 1.45 bits per heavy atom. The van der Waals surface area contributed by atoms with E-state index in [1.807, 2.05) is 58.0 Å². The minimum atomic E-state index is 0.0130. The van der Waals surface area contributed by atoms with Crippen molar-refractivity contribution < 1.29 is 9.84 Å². The van der Waals surface area contributed by atoms with Crippen molar-refractivity contribution in [3.63, 3.8) is 0 Å². The third-order valence-corrected chi connectivity index (χ3v) is 4.37. The molecule has 0 aliphatic rings. The van der Waals surface area contributed by atoms with Crippen molar-refractivity contribution in [1.82, 2.24) is 0 Å². The van der Waals surface area contributed by atoms with Crippen LogP contribution in [0.1, 0.15) is 64.2 Å². The van der Waals surface area contributed by atoms with E-state index in [0.717, 1.165) is 24.2 Å². The van der Waals surface area contributed by atoms with Gasteiger partial charge in [-0.15, -0.1) is 0 Å². The Bertz CT molecular complexity index is 850. The summed E-state index contributed by atoms with van der Waals surface area (Å²) >= 11 is 0. The summed E-state index contributed by atoms with van der Waals surface area (Å²) in [5, 5.41) is 8.94. The fraction of sp³-hybridized carbons (Fsp3) is 0.310. The molecule has 164 valence electrons. The number of hydrogen-bond donors (Lipinski definition) is 1. The fourth-order valence-corrected chi connectivity index (χ4v) is 3.20. The minimum absolute atomic E-state index is 0.0130. The molecule has 0 heterocycles. The highest BCUT2D eigenvalue weighted by Gasteiger charge is 2.13. The van der Waals surface area contributed by atoms with Gasteiger partial charge in [-0.05, 0) is 64.6 Å². The zero-order valence-electron chi connectivity index (χ0n) is 19.6. The van der Waals surface area contributed by atoms with E-state index in [-0.39, 0.29) is 6.61 Å². The van der Waals surface area contributed by atoms with Gasteiger partial charge in [-0.3, -0.25) is 0 Å². The Morgan fingerprint density at radius 1 is 0.806 bits per heavy atom. The van der Waals surface area contributed by atoms with Gasteiger partial charge in [-0.1, -0.05) is 95.6 Å². The van der Waals surface area contributed by atoms with Gasteiger partial charge >= 0.3 is 0 Å². The van der Waals surface area contributed by atoms with Crippen molar-refractivity contribution in [3.8, 4) is 5.75 Å². The van der Waals surface area contributed by atoms with E-state index in [1.54, 1.807) is 0 Å². The lowest BCUT2D eigenvalue weighted by atomic mass is 9.87. The molecule has 0 saturated heterocycles. The van der Waals surface area contributed by atoms with Crippen LogP contribution < -0.4 is 4.74 Å². The van der Waals surface area contributed by atoms with Gasteiger partial charge in [-0.2, -0.15) is 0 Å². The van der Waals surface area contributed by atoms with Gasteiger partial charge in [0.2, 0.25) is 0 Å². The molecule has 0 atom stereocenters. The molecule has 3 aromatic rings. The van der Waals surface area contributed by atoms with Crippen LogP contribution in [0.2, 0.25) is 0 Å². The number of ether oxygens (including phenoxy) is 1. The summed E-state index contributed by atoms with van der Waals surface area (Å²) in [6, 6.07) is 30.7. The molecule has 3 rings (SSSR count). The molecular weight excluding hydrogens is 380 g/mol. The quantitative estimate of drug-likeness (QED) is 0.413. The minimum Gasteiger partial charge on any atom is -0.491 e. The number of rotatable bonds is 8. The predicted molar refractivity (Wildman–Crippen MR) is 133 cm³/mol. The van der Waals surface area contributed by atoms with Crippen LogP contribution in [-0.2, 0) is 0 Å². The van der Waals surface area contributed by atoms with E-state index < -0.39 is 0 Å². The van der Waals surface area contributed by atoms with Gasteiger partial charge < -0.3 is 9.84 Å². The lowest BCUT2D eigenvalue weighted by molar-refractivity contribution is 0.201. The average molecular weight is 417 g/mol. The Morgan fingerprint density at radius 3 is 2.00 bits per heavy atom. The van der Waals surface area contributed by atoms with E-state index in [2.05, 4.69) is 61.5 Å². The van der Waals surface area contributed by atoms with Crippen LogP contribution in [-0.4, -0.2) is 18.3 Å². The zero-order chi connectivity index (χ0) is 22.9. The predicted octanol–water partition coefficient (Wildman–Crippen LogP) is 7.47. The summed E-state index contributed by atoms with van der Waals surface area (Å²) in [7, 11) is 0. The van der Waals surface area contributed by atoms with Crippen LogP contribution in [0.3, 0.4) is 0 Å². The lowest BCUT2D eigenvalue weighted by Gasteiger charge is -2.17. The maximum Gasteiger partial charge on any atom is 0.119 e. The number of aliphatic hydroxyl groups excluding tert-OH is 1. The van der Waals surface area contributed by atoms with Gasteiger partial charge in [0, 0.05) is 0 Å². The fourth-order valence-electron chi connectivity index (χ4n) is 3.20. The highest BCUT2D eigenvalue weighted by atomic mass is 16.5. The average Bonchev–Trinajstić information content (AvgIpc) is 2.87. The Hall–Kier alpha value is -3.02. The van der Waals surface area contributed by atoms with Crippen molar-refractivity contribution in [2.24, 2.45) is 0 Å². The molecule has 2 heteroatoms. The largest absolute Gasteiger partial charge is 0.491 e.